The lowest BCUT2D eigenvalue weighted by Crippen LogP contribution is -2.30. The quantitative estimate of drug-likeness (QED) is 0.0197. The minimum atomic E-state index is -4.76. The van der Waals surface area contributed by atoms with E-state index >= 15 is 0 Å². The van der Waals surface area contributed by atoms with E-state index in [0.29, 0.717) is 19.3 Å². The Morgan fingerprint density at radius 2 is 0.818 bits per heavy atom. The first-order valence-electron chi connectivity index (χ1n) is 26.2. The lowest BCUT2D eigenvalue weighted by atomic mass is 10.1. The average molecular weight is 951 g/mol. The van der Waals surface area contributed by atoms with Crippen LogP contribution in [0.15, 0.2) is 60.8 Å². The molecule has 0 aliphatic carbocycles. The fourth-order valence-electron chi connectivity index (χ4n) is 6.95. The maximum atomic E-state index is 12.8. The van der Waals surface area contributed by atoms with Gasteiger partial charge in [-0.25, -0.2) is 4.57 Å². The van der Waals surface area contributed by atoms with Crippen LogP contribution in [-0.4, -0.2) is 66.5 Å². The molecule has 0 radical (unpaired) electrons. The Morgan fingerprint density at radius 1 is 0.439 bits per heavy atom. The lowest BCUT2D eigenvalue weighted by Gasteiger charge is -2.21. The summed E-state index contributed by atoms with van der Waals surface area (Å²) in [6, 6.07) is 0. The molecule has 66 heavy (non-hydrogen) atoms. The Hall–Kier alpha value is -2.82. The van der Waals surface area contributed by atoms with E-state index in [1.807, 2.05) is 12.2 Å². The molecule has 0 fully saturated rings. The molecule has 3 unspecified atom stereocenters. The summed E-state index contributed by atoms with van der Waals surface area (Å²) in [6.45, 7) is 4.41. The fourth-order valence-corrected chi connectivity index (χ4v) is 7.74. The van der Waals surface area contributed by atoms with E-state index in [1.54, 1.807) is 0 Å². The van der Waals surface area contributed by atoms with Crippen molar-refractivity contribution in [2.75, 3.05) is 26.4 Å². The molecule has 0 spiro atoms. The number of rotatable bonds is 48. The molecule has 0 aromatic carbocycles. The number of carbonyl (C=O) groups excluding carboxylic acids is 3. The zero-order chi connectivity index (χ0) is 48.4. The number of phosphoric ester groups is 1. The monoisotopic (exact) mass is 951 g/mol. The first-order valence-corrected chi connectivity index (χ1v) is 27.7. The number of carbonyl (C=O) groups is 3. The second kappa shape index (κ2) is 48.6. The van der Waals surface area contributed by atoms with Crippen LogP contribution in [0.4, 0.5) is 0 Å². The average Bonchev–Trinajstić information content (AvgIpc) is 3.30. The Balaban J connectivity index is 4.82. The molecule has 11 nitrogen and oxygen atoms in total. The van der Waals surface area contributed by atoms with Gasteiger partial charge in [-0.1, -0.05) is 197 Å². The second-order valence-electron chi connectivity index (χ2n) is 17.3. The molecule has 12 heteroatoms. The largest absolute Gasteiger partial charge is 0.472 e. The van der Waals surface area contributed by atoms with Crippen LogP contribution in [0.2, 0.25) is 0 Å². The van der Waals surface area contributed by atoms with Crippen molar-refractivity contribution in [2.24, 2.45) is 0 Å². The minimum absolute atomic E-state index is 0.0453. The summed E-state index contributed by atoms with van der Waals surface area (Å²) in [6.07, 6.45) is 50.7. The van der Waals surface area contributed by atoms with Crippen LogP contribution in [0.3, 0.4) is 0 Å². The highest BCUT2D eigenvalue weighted by Gasteiger charge is 2.28. The van der Waals surface area contributed by atoms with Gasteiger partial charge < -0.3 is 24.2 Å². The minimum Gasteiger partial charge on any atom is -0.462 e. The van der Waals surface area contributed by atoms with E-state index in [2.05, 4.69) is 69.4 Å². The van der Waals surface area contributed by atoms with Crippen LogP contribution in [0, 0.1) is 0 Å². The van der Waals surface area contributed by atoms with Gasteiger partial charge in [-0.05, 0) is 70.6 Å². The van der Waals surface area contributed by atoms with Crippen molar-refractivity contribution in [1.82, 2.24) is 0 Å². The van der Waals surface area contributed by atoms with E-state index in [4.69, 9.17) is 23.3 Å². The molecule has 0 aliphatic rings. The van der Waals surface area contributed by atoms with Gasteiger partial charge in [0, 0.05) is 19.3 Å². The predicted octanol–water partition coefficient (Wildman–Crippen LogP) is 14.8. The molecule has 0 heterocycles. The van der Waals surface area contributed by atoms with E-state index < -0.39 is 57.8 Å². The third kappa shape index (κ3) is 46.3. The van der Waals surface area contributed by atoms with Gasteiger partial charge in [0.25, 0.3) is 0 Å². The Kier molecular flexibility index (Phi) is 46.6. The second-order valence-corrected chi connectivity index (χ2v) is 18.8. The van der Waals surface area contributed by atoms with Crippen molar-refractivity contribution >= 4 is 25.7 Å². The van der Waals surface area contributed by atoms with Crippen molar-refractivity contribution in [3.8, 4) is 0 Å². The maximum Gasteiger partial charge on any atom is 0.472 e. The van der Waals surface area contributed by atoms with E-state index in [1.165, 1.54) is 83.5 Å². The van der Waals surface area contributed by atoms with E-state index in [9.17, 15) is 28.9 Å². The topological polar surface area (TPSA) is 155 Å². The highest BCUT2D eigenvalue weighted by molar-refractivity contribution is 7.47. The molecule has 2 N–H and O–H groups in total. The number of aliphatic hydroxyl groups is 1. The number of hydrogen-bond acceptors (Lipinski definition) is 10. The maximum absolute atomic E-state index is 12.8. The molecule has 0 amide bonds. The highest BCUT2D eigenvalue weighted by Crippen LogP contribution is 2.43. The number of hydrogen-bond donors (Lipinski definition) is 2. The van der Waals surface area contributed by atoms with Crippen LogP contribution >= 0.6 is 7.82 Å². The van der Waals surface area contributed by atoms with Gasteiger partial charge >= 0.3 is 25.7 Å². The Labute approximate surface area is 402 Å². The third-order valence-corrected chi connectivity index (χ3v) is 11.9. The molecule has 0 aromatic rings. The number of phosphoric acid groups is 1. The Bertz CT molecular complexity index is 1340. The summed E-state index contributed by atoms with van der Waals surface area (Å²) in [5.41, 5.74) is 0. The zero-order valence-corrected chi connectivity index (χ0v) is 42.8. The lowest BCUT2D eigenvalue weighted by molar-refractivity contribution is -0.161. The van der Waals surface area contributed by atoms with Gasteiger partial charge in [-0.3, -0.25) is 23.4 Å². The number of allylic oxidation sites excluding steroid dienone is 10. The van der Waals surface area contributed by atoms with Crippen LogP contribution in [0.5, 0.6) is 0 Å². The van der Waals surface area contributed by atoms with Gasteiger partial charge in [0.15, 0.2) is 6.10 Å². The van der Waals surface area contributed by atoms with E-state index in [-0.39, 0.29) is 25.9 Å². The van der Waals surface area contributed by atoms with Gasteiger partial charge in [0.1, 0.15) is 12.7 Å². The zero-order valence-electron chi connectivity index (χ0n) is 41.9. The summed E-state index contributed by atoms with van der Waals surface area (Å²) in [7, 11) is -4.76. The van der Waals surface area contributed by atoms with Gasteiger partial charge in [0.2, 0.25) is 0 Å². The van der Waals surface area contributed by atoms with Crippen LogP contribution in [0.25, 0.3) is 0 Å². The van der Waals surface area contributed by atoms with Crippen LogP contribution < -0.4 is 0 Å². The standard InChI is InChI=1S/C54H95O11P/c1-4-7-10-13-16-19-22-24-25-27-29-31-34-37-40-43-52(56)61-47-51(65-54(58)45-42-39-36-33-30-26-23-20-17-14-11-8-5-2)49-63-66(59,60)62-48-50(46-55)64-53(57)44-41-38-35-32-28-21-18-15-12-9-6-3/h8,11,17,20,24-26,30,36,39,50-51,55H,4-7,9-10,12-16,18-19,21-23,27-29,31-35,37-38,40-49H2,1-3H3,(H,59,60)/b11-8-,20-17-,25-24-,30-26-,39-36-. The number of esters is 3. The summed E-state index contributed by atoms with van der Waals surface area (Å²) in [5, 5.41) is 9.76. The van der Waals surface area contributed by atoms with Crippen LogP contribution in [-0.2, 0) is 42.2 Å². The SMILES string of the molecule is CC/C=C\C/C=C\C/C=C\C/C=C\CCC(=O)OC(COC(=O)CCCCCCC/C=C\CCCCCCCC)COP(=O)(O)OCC(CO)OC(=O)CCCCCCCCCCCCC. The molecule has 0 bridgehead atoms. The van der Waals surface area contributed by atoms with Gasteiger partial charge in [-0.2, -0.15) is 0 Å². The smallest absolute Gasteiger partial charge is 0.462 e. The van der Waals surface area contributed by atoms with Crippen molar-refractivity contribution < 1.29 is 52.2 Å². The molecule has 3 atom stereocenters. The van der Waals surface area contributed by atoms with E-state index in [0.717, 1.165) is 83.5 Å². The van der Waals surface area contributed by atoms with Gasteiger partial charge in [-0.15, -0.1) is 0 Å². The molecule has 0 aliphatic heterocycles. The Morgan fingerprint density at radius 3 is 1.30 bits per heavy atom. The first kappa shape index (κ1) is 63.2. The normalized spacial score (nSPS) is 14.0. The third-order valence-electron chi connectivity index (χ3n) is 10.9. The van der Waals surface area contributed by atoms with Crippen molar-refractivity contribution in [3.63, 3.8) is 0 Å². The molecule has 0 aromatic heterocycles. The van der Waals surface area contributed by atoms with Crippen LogP contribution in [0.1, 0.15) is 226 Å². The molecule has 0 saturated heterocycles. The number of ether oxygens (including phenoxy) is 3. The molecular weight excluding hydrogens is 856 g/mol. The molecule has 0 rings (SSSR count). The summed E-state index contributed by atoms with van der Waals surface area (Å²) >= 11 is 0. The number of aliphatic hydroxyl groups excluding tert-OH is 1. The summed E-state index contributed by atoms with van der Waals surface area (Å²) in [5.74, 6) is -1.57. The fraction of sp³-hybridized carbons (Fsp3) is 0.759. The molecule has 0 saturated carbocycles. The molecular formula is C54H95O11P. The molecule has 382 valence electrons. The highest BCUT2D eigenvalue weighted by atomic mass is 31.2. The van der Waals surface area contributed by atoms with Crippen molar-refractivity contribution in [1.29, 1.82) is 0 Å². The van der Waals surface area contributed by atoms with Gasteiger partial charge in [0.05, 0.1) is 19.8 Å². The van der Waals surface area contributed by atoms with Crippen molar-refractivity contribution in [2.45, 2.75) is 238 Å². The summed E-state index contributed by atoms with van der Waals surface area (Å²) < 4.78 is 39.2. The van der Waals surface area contributed by atoms with Crippen molar-refractivity contribution in [3.05, 3.63) is 60.8 Å². The predicted molar refractivity (Wildman–Crippen MR) is 270 cm³/mol. The number of unbranched alkanes of at least 4 members (excludes halogenated alkanes) is 21. The summed E-state index contributed by atoms with van der Waals surface area (Å²) in [4.78, 5) is 48.2. The first-order chi connectivity index (χ1) is 32.2.